The Kier molecular flexibility index (Phi) is 12.2. The molecule has 2 unspecified atom stereocenters. The van der Waals surface area contributed by atoms with Crippen molar-refractivity contribution in [3.8, 4) is 5.75 Å². The van der Waals surface area contributed by atoms with Crippen molar-refractivity contribution in [3.63, 3.8) is 0 Å². The zero-order valence-corrected chi connectivity index (χ0v) is 20.1. The van der Waals surface area contributed by atoms with Gasteiger partial charge in [0.05, 0.1) is 27.1 Å². The number of hydrogen-bond acceptors (Lipinski definition) is 7. The van der Waals surface area contributed by atoms with Crippen LogP contribution in [0.1, 0.15) is 57.4 Å². The molecule has 0 saturated heterocycles. The van der Waals surface area contributed by atoms with E-state index in [1.807, 2.05) is 43.3 Å². The summed E-state index contributed by atoms with van der Waals surface area (Å²) in [5, 5.41) is 0. The van der Waals surface area contributed by atoms with Crippen molar-refractivity contribution < 1.29 is 33.2 Å². The van der Waals surface area contributed by atoms with Crippen molar-refractivity contribution >= 4 is 0 Å². The van der Waals surface area contributed by atoms with Gasteiger partial charge in [-0.25, -0.2) is 0 Å². The van der Waals surface area contributed by atoms with E-state index in [2.05, 4.69) is 13.8 Å². The number of hydrogen-bond donors (Lipinski definition) is 0. The molecule has 0 saturated carbocycles. The van der Waals surface area contributed by atoms with Gasteiger partial charge in [-0.1, -0.05) is 51.7 Å². The molecule has 1 rings (SSSR count). The van der Waals surface area contributed by atoms with Crippen LogP contribution in [0.4, 0.5) is 0 Å². The molecular formula is C22H39ClN2O5. The van der Waals surface area contributed by atoms with E-state index in [-0.39, 0.29) is 5.92 Å². The van der Waals surface area contributed by atoms with Crippen LogP contribution in [0.25, 0.3) is 0 Å². The lowest BCUT2D eigenvalue weighted by Crippen LogP contribution is -2.64. The third-order valence-corrected chi connectivity index (χ3v) is 5.63. The molecule has 1 aromatic rings. The Morgan fingerprint density at radius 3 is 2.10 bits per heavy atom. The number of nitrogens with zero attached hydrogens (tertiary/aromatic N) is 2. The molecule has 0 aromatic heterocycles. The summed E-state index contributed by atoms with van der Waals surface area (Å²) in [6.45, 7) is 5.72. The Balaban J connectivity index is 2.70. The summed E-state index contributed by atoms with van der Waals surface area (Å²) in [4.78, 5) is 3.53. The summed E-state index contributed by atoms with van der Waals surface area (Å²) in [5.41, 5.74) is 0.877. The van der Waals surface area contributed by atoms with Crippen LogP contribution in [0.5, 0.6) is 5.75 Å². The van der Waals surface area contributed by atoms with Crippen LogP contribution in [0.2, 0.25) is 0 Å². The van der Waals surface area contributed by atoms with E-state index in [4.69, 9.17) is 9.03 Å². The lowest BCUT2D eigenvalue weighted by Gasteiger charge is -2.31. The van der Waals surface area contributed by atoms with E-state index in [1.54, 1.807) is 19.0 Å². The highest BCUT2D eigenvalue weighted by Gasteiger charge is 2.39. The molecule has 8 heteroatoms. The van der Waals surface area contributed by atoms with E-state index in [0.29, 0.717) is 13.2 Å². The summed E-state index contributed by atoms with van der Waals surface area (Å²) in [7, 11) is 2.62. The van der Waals surface area contributed by atoms with Crippen LogP contribution >= 0.6 is 0 Å². The molecule has 7 nitrogen and oxygen atoms in total. The fourth-order valence-electron chi connectivity index (χ4n) is 3.34. The van der Waals surface area contributed by atoms with Crippen LogP contribution < -0.4 is 18.7 Å². The topological polar surface area (TPSA) is 94.1 Å². The first kappa shape index (κ1) is 27.1. The highest BCUT2D eigenvalue weighted by molar-refractivity contribution is 5.30. The molecule has 0 aliphatic carbocycles. The van der Waals surface area contributed by atoms with Crippen LogP contribution in [-0.2, 0) is 4.29 Å². The normalized spacial score (nSPS) is 15.4. The Morgan fingerprint density at radius 2 is 1.60 bits per heavy atom. The third kappa shape index (κ3) is 10.9. The number of rotatable bonds is 15. The molecule has 0 heterocycles. The maximum atomic E-state index is 11.2. The van der Waals surface area contributed by atoms with Gasteiger partial charge in [-0.3, -0.25) is 4.90 Å². The molecule has 174 valence electrons. The van der Waals surface area contributed by atoms with Gasteiger partial charge in [0.1, 0.15) is 5.75 Å². The zero-order valence-electron chi connectivity index (χ0n) is 19.3. The SMILES string of the molecule is CCC(C)CCCCCOc1ccc(C(CN(C)C)[C@H](O[Cl+3]([O-])([O-])[O-])N(C)C)cc1. The van der Waals surface area contributed by atoms with Gasteiger partial charge in [-0.2, -0.15) is 14.0 Å². The Bertz CT molecular complexity index is 578. The average Bonchev–Trinajstić information content (AvgIpc) is 2.66. The maximum absolute atomic E-state index is 11.2. The average molecular weight is 447 g/mol. The zero-order chi connectivity index (χ0) is 22.7. The molecule has 0 bridgehead atoms. The molecule has 1 aromatic carbocycles. The monoisotopic (exact) mass is 446 g/mol. The minimum atomic E-state index is -4.53. The van der Waals surface area contributed by atoms with Crippen molar-refractivity contribution in [1.82, 2.24) is 9.80 Å². The number of likely N-dealkylation sites (N-methyl/N-ethyl adjacent to an activating group) is 2. The molecule has 0 aliphatic heterocycles. The van der Waals surface area contributed by atoms with Crippen LogP contribution in [0.15, 0.2) is 24.3 Å². The highest BCUT2D eigenvalue weighted by Crippen LogP contribution is 2.27. The molecule has 30 heavy (non-hydrogen) atoms. The first-order valence-electron chi connectivity index (χ1n) is 10.7. The molecule has 0 aliphatic rings. The molecule has 0 spiro atoms. The summed E-state index contributed by atoms with van der Waals surface area (Å²) in [6.07, 6.45) is 5.02. The van der Waals surface area contributed by atoms with E-state index >= 15 is 0 Å². The summed E-state index contributed by atoms with van der Waals surface area (Å²) >= 11 is 0. The summed E-state index contributed by atoms with van der Waals surface area (Å²) in [5.74, 6) is 1.24. The number of unbranched alkanes of at least 4 members (excludes halogenated alkanes) is 2. The van der Waals surface area contributed by atoms with Gasteiger partial charge in [0.2, 0.25) is 0 Å². The quantitative estimate of drug-likeness (QED) is 0.294. The van der Waals surface area contributed by atoms with Crippen LogP contribution in [-0.4, -0.2) is 57.4 Å². The van der Waals surface area contributed by atoms with Gasteiger partial charge in [0.25, 0.3) is 6.23 Å². The number of benzene rings is 1. The van der Waals surface area contributed by atoms with E-state index in [1.165, 1.54) is 19.3 Å². The first-order valence-corrected chi connectivity index (χ1v) is 11.9. The third-order valence-electron chi connectivity index (χ3n) is 5.23. The predicted octanol–water partition coefficient (Wildman–Crippen LogP) is 1.12. The van der Waals surface area contributed by atoms with Crippen molar-refractivity contribution in [2.24, 2.45) is 5.92 Å². The standard InChI is InChI=1S/C22H39ClN2O5/c1-7-18(2)11-9-8-10-16-29-20-14-12-19(13-15-20)21(17-24(3)4)22(25(5)6)30-23(26,27)28/h12-15,18,21-22H,7-11,16-17H2,1-6H3/t18?,21?,22-/m0/s1. The Morgan fingerprint density at radius 1 is 0.967 bits per heavy atom. The lowest BCUT2D eigenvalue weighted by atomic mass is 9.96. The lowest BCUT2D eigenvalue weighted by molar-refractivity contribution is -1.92. The van der Waals surface area contributed by atoms with Gasteiger partial charge in [-0.05, 0) is 58.2 Å². The van der Waals surface area contributed by atoms with E-state index < -0.39 is 16.5 Å². The minimum Gasteiger partial charge on any atom is -0.494 e. The van der Waals surface area contributed by atoms with Gasteiger partial charge in [0, 0.05) is 6.54 Å². The van der Waals surface area contributed by atoms with Gasteiger partial charge in [0.15, 0.2) is 0 Å². The molecule has 0 N–H and O–H groups in total. The van der Waals surface area contributed by atoms with E-state index in [9.17, 15) is 14.0 Å². The number of halogens is 1. The number of ether oxygens (including phenoxy) is 1. The molecular weight excluding hydrogens is 408 g/mol. The molecule has 0 radical (unpaired) electrons. The molecule has 0 fully saturated rings. The van der Waals surface area contributed by atoms with Crippen LogP contribution in [0.3, 0.4) is 0 Å². The Hall–Kier alpha value is -0.930. The van der Waals surface area contributed by atoms with E-state index in [0.717, 1.165) is 30.1 Å². The van der Waals surface area contributed by atoms with Crippen molar-refractivity contribution in [3.05, 3.63) is 29.8 Å². The Labute approximate surface area is 184 Å². The van der Waals surface area contributed by atoms with Gasteiger partial charge in [-0.15, -0.1) is 0 Å². The smallest absolute Gasteiger partial charge is 0.275 e. The second-order valence-electron chi connectivity index (χ2n) is 8.47. The summed E-state index contributed by atoms with van der Waals surface area (Å²) < 4.78 is 44.3. The van der Waals surface area contributed by atoms with Crippen LogP contribution in [0, 0.1) is 16.2 Å². The highest BCUT2D eigenvalue weighted by atomic mass is 35.7. The second-order valence-corrected chi connectivity index (χ2v) is 9.40. The maximum Gasteiger partial charge on any atom is 0.275 e. The fourth-order valence-corrected chi connectivity index (χ4v) is 3.85. The first-order chi connectivity index (χ1) is 14.0. The van der Waals surface area contributed by atoms with Crippen molar-refractivity contribution in [2.45, 2.75) is 58.1 Å². The fraction of sp³-hybridized carbons (Fsp3) is 0.727. The minimum absolute atomic E-state index is 0.333. The summed E-state index contributed by atoms with van der Waals surface area (Å²) in [6, 6.07) is 7.57. The second kappa shape index (κ2) is 13.5. The van der Waals surface area contributed by atoms with Gasteiger partial charge < -0.3 is 9.64 Å². The van der Waals surface area contributed by atoms with Crippen molar-refractivity contribution in [1.29, 1.82) is 0 Å². The largest absolute Gasteiger partial charge is 0.494 e. The van der Waals surface area contributed by atoms with Gasteiger partial charge >= 0.3 is 0 Å². The molecule has 3 atom stereocenters. The molecule has 0 amide bonds. The predicted molar refractivity (Wildman–Crippen MR) is 110 cm³/mol. The van der Waals surface area contributed by atoms with Crippen molar-refractivity contribution in [2.75, 3.05) is 41.3 Å².